The van der Waals surface area contributed by atoms with E-state index in [0.29, 0.717) is 0 Å². The molecule has 4 heteroatoms. The zero-order valence-corrected chi connectivity index (χ0v) is 11.7. The van der Waals surface area contributed by atoms with Crippen LogP contribution in [0.25, 0.3) is 0 Å². The van der Waals surface area contributed by atoms with Gasteiger partial charge in [-0.05, 0) is 62.3 Å². The van der Waals surface area contributed by atoms with E-state index in [0.717, 1.165) is 56.3 Å². The van der Waals surface area contributed by atoms with Gasteiger partial charge >= 0.3 is 0 Å². The molecule has 20 heavy (non-hydrogen) atoms. The summed E-state index contributed by atoms with van der Waals surface area (Å²) < 4.78 is 0. The average Bonchev–Trinajstić information content (AvgIpc) is 2.49. The predicted octanol–water partition coefficient (Wildman–Crippen LogP) is 2.08. The van der Waals surface area contributed by atoms with E-state index < -0.39 is 0 Å². The van der Waals surface area contributed by atoms with Gasteiger partial charge in [0.15, 0.2) is 0 Å². The summed E-state index contributed by atoms with van der Waals surface area (Å²) in [6, 6.07) is 6.12. The van der Waals surface area contributed by atoms with Gasteiger partial charge < -0.3 is 15.7 Å². The van der Waals surface area contributed by atoms with E-state index in [2.05, 4.69) is 10.6 Å². The highest BCUT2D eigenvalue weighted by Gasteiger charge is 2.21. The van der Waals surface area contributed by atoms with Crippen LogP contribution in [0, 0.1) is 0 Å². The van der Waals surface area contributed by atoms with Crippen LogP contribution in [0.15, 0.2) is 18.2 Å². The fourth-order valence-corrected chi connectivity index (χ4v) is 3.11. The number of benzene rings is 1. The largest absolute Gasteiger partial charge is 0.393 e. The SMILES string of the molecule is O=C(NC1CCC(O)CC1)c1ccc2c(c1)CCCN2. The molecule has 1 amide bonds. The molecule has 1 saturated carbocycles. The first-order valence-corrected chi connectivity index (χ1v) is 7.58. The Morgan fingerprint density at radius 1 is 1.25 bits per heavy atom. The summed E-state index contributed by atoms with van der Waals surface area (Å²) in [5.74, 6) is 0.0137. The topological polar surface area (TPSA) is 61.4 Å². The van der Waals surface area contributed by atoms with Crippen LogP contribution in [0.5, 0.6) is 0 Å². The summed E-state index contributed by atoms with van der Waals surface area (Å²) in [6.07, 6.45) is 5.31. The van der Waals surface area contributed by atoms with E-state index >= 15 is 0 Å². The molecule has 1 aromatic rings. The maximum atomic E-state index is 12.3. The summed E-state index contributed by atoms with van der Waals surface area (Å²) in [4.78, 5) is 12.3. The number of nitrogens with one attached hydrogen (secondary N) is 2. The van der Waals surface area contributed by atoms with Gasteiger partial charge in [0.25, 0.3) is 5.91 Å². The molecular weight excluding hydrogens is 252 g/mol. The molecule has 0 bridgehead atoms. The monoisotopic (exact) mass is 274 g/mol. The Balaban J connectivity index is 1.65. The van der Waals surface area contributed by atoms with Crippen molar-refractivity contribution in [3.8, 4) is 0 Å². The molecule has 0 radical (unpaired) electrons. The Kier molecular flexibility index (Phi) is 3.92. The number of carbonyl (C=O) groups excluding carboxylic acids is 1. The second-order valence-electron chi connectivity index (χ2n) is 5.88. The van der Waals surface area contributed by atoms with Gasteiger partial charge in [-0.15, -0.1) is 0 Å². The molecule has 2 aliphatic rings. The lowest BCUT2D eigenvalue weighted by molar-refractivity contribution is 0.0867. The number of carbonyl (C=O) groups is 1. The molecule has 1 aliphatic heterocycles. The molecular formula is C16H22N2O2. The molecule has 1 aromatic carbocycles. The van der Waals surface area contributed by atoms with Crippen molar-refractivity contribution in [1.82, 2.24) is 5.32 Å². The molecule has 1 heterocycles. The maximum absolute atomic E-state index is 12.3. The van der Waals surface area contributed by atoms with E-state index in [9.17, 15) is 9.90 Å². The number of fused-ring (bicyclic) bond motifs is 1. The van der Waals surface area contributed by atoms with Gasteiger partial charge in [-0.2, -0.15) is 0 Å². The van der Waals surface area contributed by atoms with Crippen LogP contribution in [-0.4, -0.2) is 29.7 Å². The number of aliphatic hydroxyl groups excluding tert-OH is 1. The second-order valence-corrected chi connectivity index (χ2v) is 5.88. The van der Waals surface area contributed by atoms with Gasteiger partial charge in [-0.25, -0.2) is 0 Å². The Morgan fingerprint density at radius 2 is 2.05 bits per heavy atom. The zero-order valence-electron chi connectivity index (χ0n) is 11.7. The first-order chi connectivity index (χ1) is 9.72. The number of aliphatic hydroxyl groups is 1. The Labute approximate surface area is 119 Å². The van der Waals surface area contributed by atoms with E-state index in [-0.39, 0.29) is 18.1 Å². The van der Waals surface area contributed by atoms with Gasteiger partial charge in [0.2, 0.25) is 0 Å². The minimum Gasteiger partial charge on any atom is -0.393 e. The minimum absolute atomic E-state index is 0.0137. The molecule has 3 N–H and O–H groups in total. The molecule has 108 valence electrons. The highest BCUT2D eigenvalue weighted by atomic mass is 16.3. The molecule has 0 saturated heterocycles. The summed E-state index contributed by atoms with van der Waals surface area (Å²) in [7, 11) is 0. The van der Waals surface area contributed by atoms with Gasteiger partial charge in [0.05, 0.1) is 6.10 Å². The quantitative estimate of drug-likeness (QED) is 0.774. The van der Waals surface area contributed by atoms with Crippen molar-refractivity contribution in [1.29, 1.82) is 0 Å². The molecule has 1 aliphatic carbocycles. The summed E-state index contributed by atoms with van der Waals surface area (Å²) in [5, 5.41) is 15.9. The van der Waals surface area contributed by atoms with Crippen LogP contribution < -0.4 is 10.6 Å². The van der Waals surface area contributed by atoms with Crippen molar-refractivity contribution in [2.45, 2.75) is 50.7 Å². The molecule has 4 nitrogen and oxygen atoms in total. The van der Waals surface area contributed by atoms with Crippen LogP contribution in [0.4, 0.5) is 5.69 Å². The maximum Gasteiger partial charge on any atom is 0.251 e. The Morgan fingerprint density at radius 3 is 2.85 bits per heavy atom. The molecule has 0 unspecified atom stereocenters. The number of aryl methyl sites for hydroxylation is 1. The van der Waals surface area contributed by atoms with Crippen LogP contribution in [-0.2, 0) is 6.42 Å². The average molecular weight is 274 g/mol. The third-order valence-corrected chi connectivity index (χ3v) is 4.34. The van der Waals surface area contributed by atoms with Crippen molar-refractivity contribution in [3.05, 3.63) is 29.3 Å². The predicted molar refractivity (Wildman–Crippen MR) is 79.0 cm³/mol. The van der Waals surface area contributed by atoms with Crippen molar-refractivity contribution in [3.63, 3.8) is 0 Å². The second kappa shape index (κ2) is 5.83. The number of anilines is 1. The zero-order chi connectivity index (χ0) is 13.9. The van der Waals surface area contributed by atoms with Crippen LogP contribution in [0.1, 0.15) is 48.0 Å². The van der Waals surface area contributed by atoms with Crippen LogP contribution >= 0.6 is 0 Å². The van der Waals surface area contributed by atoms with Crippen molar-refractivity contribution in [2.24, 2.45) is 0 Å². The smallest absolute Gasteiger partial charge is 0.251 e. The third kappa shape index (κ3) is 2.96. The van der Waals surface area contributed by atoms with Crippen molar-refractivity contribution >= 4 is 11.6 Å². The molecule has 0 aromatic heterocycles. The van der Waals surface area contributed by atoms with E-state index in [1.807, 2.05) is 18.2 Å². The number of amides is 1. The van der Waals surface area contributed by atoms with Gasteiger partial charge in [-0.1, -0.05) is 0 Å². The van der Waals surface area contributed by atoms with Gasteiger partial charge in [-0.3, -0.25) is 4.79 Å². The Bertz CT molecular complexity index is 493. The molecule has 0 atom stereocenters. The number of rotatable bonds is 2. The Hall–Kier alpha value is -1.55. The van der Waals surface area contributed by atoms with E-state index in [1.165, 1.54) is 5.56 Å². The highest BCUT2D eigenvalue weighted by molar-refractivity contribution is 5.95. The van der Waals surface area contributed by atoms with E-state index in [4.69, 9.17) is 0 Å². The summed E-state index contributed by atoms with van der Waals surface area (Å²) in [6.45, 7) is 1.02. The normalized spacial score (nSPS) is 25.4. The van der Waals surface area contributed by atoms with Crippen LogP contribution in [0.3, 0.4) is 0 Å². The number of hydrogen-bond donors (Lipinski definition) is 3. The van der Waals surface area contributed by atoms with Crippen molar-refractivity contribution < 1.29 is 9.90 Å². The fourth-order valence-electron chi connectivity index (χ4n) is 3.11. The molecule has 0 spiro atoms. The lowest BCUT2D eigenvalue weighted by atomic mass is 9.93. The van der Waals surface area contributed by atoms with Crippen molar-refractivity contribution in [2.75, 3.05) is 11.9 Å². The molecule has 3 rings (SSSR count). The summed E-state index contributed by atoms with van der Waals surface area (Å²) in [5.41, 5.74) is 3.15. The first-order valence-electron chi connectivity index (χ1n) is 7.58. The fraction of sp³-hybridized carbons (Fsp3) is 0.562. The minimum atomic E-state index is -0.182. The number of hydrogen-bond acceptors (Lipinski definition) is 3. The summed E-state index contributed by atoms with van der Waals surface area (Å²) >= 11 is 0. The third-order valence-electron chi connectivity index (χ3n) is 4.34. The molecule has 1 fully saturated rings. The van der Waals surface area contributed by atoms with Gasteiger partial charge in [0, 0.05) is 23.8 Å². The lowest BCUT2D eigenvalue weighted by Gasteiger charge is -2.26. The standard InChI is InChI=1S/C16H22N2O2/c19-14-6-4-13(5-7-14)18-16(20)12-3-8-15-11(10-12)2-1-9-17-15/h3,8,10,13-14,17,19H,1-2,4-7,9H2,(H,18,20). The van der Waals surface area contributed by atoms with Gasteiger partial charge in [0.1, 0.15) is 0 Å². The highest BCUT2D eigenvalue weighted by Crippen LogP contribution is 2.23. The first kappa shape index (κ1) is 13.4. The lowest BCUT2D eigenvalue weighted by Crippen LogP contribution is -2.38. The van der Waals surface area contributed by atoms with E-state index in [1.54, 1.807) is 0 Å². The van der Waals surface area contributed by atoms with Crippen LogP contribution in [0.2, 0.25) is 0 Å².